The van der Waals surface area contributed by atoms with Crippen LogP contribution in [0.25, 0.3) is 11.3 Å². The lowest BCUT2D eigenvalue weighted by atomic mass is 10.0. The molecule has 1 amide bonds. The van der Waals surface area contributed by atoms with Gasteiger partial charge in [0.1, 0.15) is 11.5 Å². The van der Waals surface area contributed by atoms with Crippen molar-refractivity contribution in [1.29, 1.82) is 0 Å². The Labute approximate surface area is 182 Å². The number of nitrogens with zero attached hydrogens (tertiary/aromatic N) is 4. The summed E-state index contributed by atoms with van der Waals surface area (Å²) in [6.45, 7) is 6.77. The molecular formula is C25H27N5O. The molecule has 0 radical (unpaired) electrons. The van der Waals surface area contributed by atoms with E-state index in [2.05, 4.69) is 26.3 Å². The molecule has 1 aliphatic heterocycles. The van der Waals surface area contributed by atoms with Gasteiger partial charge >= 0.3 is 0 Å². The molecule has 1 saturated carbocycles. The smallest absolute Gasteiger partial charge is 0.273 e. The molecule has 2 aliphatic rings. The van der Waals surface area contributed by atoms with Gasteiger partial charge in [0.2, 0.25) is 0 Å². The van der Waals surface area contributed by atoms with Crippen molar-refractivity contribution in [1.82, 2.24) is 19.9 Å². The molecule has 6 heteroatoms. The van der Waals surface area contributed by atoms with E-state index in [1.807, 2.05) is 62.2 Å². The summed E-state index contributed by atoms with van der Waals surface area (Å²) in [4.78, 5) is 29.5. The summed E-state index contributed by atoms with van der Waals surface area (Å²) < 4.78 is 0. The van der Waals surface area contributed by atoms with Crippen LogP contribution in [0.5, 0.6) is 0 Å². The third-order valence-corrected chi connectivity index (χ3v) is 6.49. The minimum Gasteiger partial charge on any atom is -0.365 e. The van der Waals surface area contributed by atoms with Gasteiger partial charge in [0.05, 0.1) is 11.7 Å². The molecule has 1 N–H and O–H groups in total. The molecule has 158 valence electrons. The highest BCUT2D eigenvalue weighted by molar-refractivity contribution is 5.99. The van der Waals surface area contributed by atoms with Crippen LogP contribution in [-0.4, -0.2) is 44.4 Å². The Hall–Kier alpha value is -3.28. The highest BCUT2D eigenvalue weighted by atomic mass is 16.2. The van der Waals surface area contributed by atoms with Gasteiger partial charge in [-0.05, 0) is 74.9 Å². The largest absolute Gasteiger partial charge is 0.365 e. The average molecular weight is 414 g/mol. The number of nitrogens with one attached hydrogen (secondary N) is 1. The Bertz CT molecular complexity index is 1130. The molecule has 3 aromatic rings. The van der Waals surface area contributed by atoms with Crippen LogP contribution in [0, 0.1) is 26.7 Å². The van der Waals surface area contributed by atoms with E-state index < -0.39 is 0 Å². The van der Waals surface area contributed by atoms with E-state index in [-0.39, 0.29) is 18.0 Å². The van der Waals surface area contributed by atoms with Gasteiger partial charge in [-0.1, -0.05) is 12.1 Å². The van der Waals surface area contributed by atoms with Crippen LogP contribution in [0.1, 0.15) is 40.2 Å². The minimum atomic E-state index is -0.000353. The van der Waals surface area contributed by atoms with Crippen LogP contribution >= 0.6 is 0 Å². The number of rotatable bonds is 4. The molecule has 31 heavy (non-hydrogen) atoms. The van der Waals surface area contributed by atoms with Crippen molar-refractivity contribution in [2.45, 2.75) is 45.7 Å². The van der Waals surface area contributed by atoms with Crippen molar-refractivity contribution in [3.8, 4) is 11.3 Å². The number of fused-ring (bicyclic) bond motifs is 2. The van der Waals surface area contributed by atoms with Gasteiger partial charge in [-0.3, -0.25) is 9.78 Å². The lowest BCUT2D eigenvalue weighted by Gasteiger charge is -2.34. The molecule has 4 heterocycles. The molecule has 1 saturated heterocycles. The zero-order valence-corrected chi connectivity index (χ0v) is 18.2. The molecule has 3 atom stereocenters. The van der Waals surface area contributed by atoms with Crippen LogP contribution in [-0.2, 0) is 0 Å². The summed E-state index contributed by atoms with van der Waals surface area (Å²) in [7, 11) is 0. The number of carbonyl (C=O) groups is 1. The zero-order valence-electron chi connectivity index (χ0n) is 18.2. The first-order valence-electron chi connectivity index (χ1n) is 10.9. The second kappa shape index (κ2) is 7.76. The highest BCUT2D eigenvalue weighted by Crippen LogP contribution is 2.40. The van der Waals surface area contributed by atoms with E-state index in [4.69, 9.17) is 0 Å². The van der Waals surface area contributed by atoms with Gasteiger partial charge in [0, 0.05) is 36.2 Å². The van der Waals surface area contributed by atoms with Gasteiger partial charge in [-0.15, -0.1) is 0 Å². The lowest BCUT2D eigenvalue weighted by Crippen LogP contribution is -2.48. The average Bonchev–Trinajstić information content (AvgIpc) is 3.36. The van der Waals surface area contributed by atoms with Gasteiger partial charge in [-0.25, -0.2) is 9.97 Å². The number of aromatic nitrogens is 3. The fraction of sp³-hybridized carbons (Fsp3) is 0.360. The maximum Gasteiger partial charge on any atom is 0.273 e. The fourth-order valence-corrected chi connectivity index (χ4v) is 4.97. The number of anilines is 1. The fourth-order valence-electron chi connectivity index (χ4n) is 4.97. The Kier molecular flexibility index (Phi) is 4.93. The summed E-state index contributed by atoms with van der Waals surface area (Å²) >= 11 is 0. The first-order valence-corrected chi connectivity index (χ1v) is 10.9. The molecule has 2 fully saturated rings. The van der Waals surface area contributed by atoms with E-state index in [0.29, 0.717) is 11.6 Å². The predicted octanol–water partition coefficient (Wildman–Crippen LogP) is 4.18. The molecule has 3 unspecified atom stereocenters. The second-order valence-electron chi connectivity index (χ2n) is 8.85. The Morgan fingerprint density at radius 2 is 1.94 bits per heavy atom. The van der Waals surface area contributed by atoms with Crippen molar-refractivity contribution in [2.24, 2.45) is 5.92 Å². The summed E-state index contributed by atoms with van der Waals surface area (Å²) in [5.41, 5.74) is 5.14. The molecule has 3 aromatic heterocycles. The van der Waals surface area contributed by atoms with Crippen molar-refractivity contribution < 1.29 is 4.79 Å². The van der Waals surface area contributed by atoms with Gasteiger partial charge in [0.25, 0.3) is 5.91 Å². The number of hydrogen-bond acceptors (Lipinski definition) is 5. The topological polar surface area (TPSA) is 71.0 Å². The lowest BCUT2D eigenvalue weighted by molar-refractivity contribution is 0.0686. The van der Waals surface area contributed by atoms with E-state index in [1.165, 1.54) is 0 Å². The number of aryl methyl sites for hydroxylation is 3. The maximum absolute atomic E-state index is 13.7. The Morgan fingerprint density at radius 3 is 2.68 bits per heavy atom. The molecule has 2 bridgehead atoms. The van der Waals surface area contributed by atoms with Crippen LogP contribution < -0.4 is 5.32 Å². The third kappa shape index (κ3) is 3.67. The minimum absolute atomic E-state index is 0.000353. The first-order chi connectivity index (χ1) is 15.0. The number of amides is 1. The highest BCUT2D eigenvalue weighted by Gasteiger charge is 2.47. The van der Waals surface area contributed by atoms with E-state index in [0.717, 1.165) is 53.3 Å². The van der Waals surface area contributed by atoms with Gasteiger partial charge in [0.15, 0.2) is 0 Å². The maximum atomic E-state index is 13.7. The summed E-state index contributed by atoms with van der Waals surface area (Å²) in [5, 5.41) is 3.56. The molecule has 6 nitrogen and oxygen atoms in total. The number of hydrogen-bond donors (Lipinski definition) is 1. The standard InChI is InChI=1S/C25H27N5O/c1-15-6-9-22(27-13-15)29-20-11-18-12-21(20)30(14-18)25(31)24-19(8-7-17(3)28-24)23-16(2)5-4-10-26-23/h4-10,13,18,20-21H,11-12,14H2,1-3H3,(H,27,29). The van der Waals surface area contributed by atoms with E-state index in [9.17, 15) is 4.79 Å². The molecule has 1 aliphatic carbocycles. The molecular weight excluding hydrogens is 386 g/mol. The molecule has 0 aromatic carbocycles. The van der Waals surface area contributed by atoms with Gasteiger partial charge < -0.3 is 10.2 Å². The number of carbonyl (C=O) groups excluding carboxylic acids is 1. The van der Waals surface area contributed by atoms with Crippen LogP contribution in [0.2, 0.25) is 0 Å². The Balaban J connectivity index is 1.44. The molecule has 5 rings (SSSR count). The molecule has 0 spiro atoms. The number of pyridine rings is 3. The van der Waals surface area contributed by atoms with Crippen molar-refractivity contribution in [2.75, 3.05) is 11.9 Å². The third-order valence-electron chi connectivity index (χ3n) is 6.49. The van der Waals surface area contributed by atoms with Crippen molar-refractivity contribution in [3.05, 3.63) is 71.3 Å². The van der Waals surface area contributed by atoms with E-state index >= 15 is 0 Å². The van der Waals surface area contributed by atoms with Crippen LogP contribution in [0.4, 0.5) is 5.82 Å². The second-order valence-corrected chi connectivity index (χ2v) is 8.85. The zero-order chi connectivity index (χ0) is 21.5. The monoisotopic (exact) mass is 413 g/mol. The van der Waals surface area contributed by atoms with Gasteiger partial charge in [-0.2, -0.15) is 0 Å². The van der Waals surface area contributed by atoms with Crippen LogP contribution in [0.3, 0.4) is 0 Å². The summed E-state index contributed by atoms with van der Waals surface area (Å²) in [6.07, 6.45) is 5.73. The Morgan fingerprint density at radius 1 is 1.06 bits per heavy atom. The predicted molar refractivity (Wildman–Crippen MR) is 121 cm³/mol. The van der Waals surface area contributed by atoms with E-state index in [1.54, 1.807) is 6.20 Å². The number of likely N-dealkylation sites (tertiary alicyclic amines) is 1. The number of piperidine rings is 1. The quantitative estimate of drug-likeness (QED) is 0.695. The SMILES string of the molecule is Cc1ccc(NC2CC3CC2N(C(=O)c2nc(C)ccc2-c2ncccc2C)C3)nc1. The van der Waals surface area contributed by atoms with Crippen molar-refractivity contribution in [3.63, 3.8) is 0 Å². The first kappa shape index (κ1) is 19.7. The summed E-state index contributed by atoms with van der Waals surface area (Å²) in [6, 6.07) is 12.3. The van der Waals surface area contributed by atoms with Crippen LogP contribution in [0.15, 0.2) is 48.8 Å². The normalized spacial score (nSPS) is 22.0. The van der Waals surface area contributed by atoms with Crippen molar-refractivity contribution >= 4 is 11.7 Å². The summed E-state index contributed by atoms with van der Waals surface area (Å²) in [5.74, 6) is 1.38.